The van der Waals surface area contributed by atoms with Gasteiger partial charge < -0.3 is 5.32 Å². The number of benzene rings is 2. The number of carbonyl (C=O) groups is 1. The van der Waals surface area contributed by atoms with Crippen molar-refractivity contribution in [2.75, 3.05) is 11.1 Å². The molecule has 0 aliphatic rings. The Balaban J connectivity index is 1.65. The summed E-state index contributed by atoms with van der Waals surface area (Å²) in [4.78, 5) is 29.6. The normalized spacial score (nSPS) is 11.0. The minimum absolute atomic E-state index is 0.0754. The Hall–Kier alpha value is -3.17. The van der Waals surface area contributed by atoms with Gasteiger partial charge in [-0.2, -0.15) is 5.10 Å². The molecule has 0 unspecified atom stereocenters. The van der Waals surface area contributed by atoms with E-state index < -0.39 is 11.7 Å². The molecule has 10 heteroatoms. The molecule has 2 aromatic heterocycles. The number of aromatic nitrogens is 4. The van der Waals surface area contributed by atoms with Gasteiger partial charge in [0, 0.05) is 5.02 Å². The number of rotatable bonds is 5. The molecule has 2 aromatic carbocycles. The molecule has 146 valence electrons. The Kier molecular flexibility index (Phi) is 5.32. The first-order chi connectivity index (χ1) is 14.0. The number of thioether (sulfide) groups is 1. The molecule has 29 heavy (non-hydrogen) atoms. The van der Waals surface area contributed by atoms with Crippen LogP contribution in [0.4, 0.5) is 10.1 Å². The summed E-state index contributed by atoms with van der Waals surface area (Å²) in [6, 6.07) is 12.6. The predicted molar refractivity (Wildman–Crippen MR) is 110 cm³/mol. The maximum Gasteiger partial charge on any atom is 0.269 e. The summed E-state index contributed by atoms with van der Waals surface area (Å²) in [6.07, 6.45) is 1.40. The first-order valence-corrected chi connectivity index (χ1v) is 9.78. The maximum absolute atomic E-state index is 13.7. The zero-order chi connectivity index (χ0) is 20.4. The van der Waals surface area contributed by atoms with Crippen molar-refractivity contribution >= 4 is 46.0 Å². The van der Waals surface area contributed by atoms with Crippen molar-refractivity contribution in [2.45, 2.75) is 5.16 Å². The molecule has 4 aromatic rings. The Labute approximate surface area is 172 Å². The molecule has 1 amide bonds. The highest BCUT2D eigenvalue weighted by molar-refractivity contribution is 7.99. The number of hydrogen-bond acceptors (Lipinski definition) is 5. The SMILES string of the molecule is O=C(CSc1nc2[nH]ncc2c(=O)n1-c1ccc(Cl)cc1)Nc1ccccc1F. The molecule has 0 saturated heterocycles. The van der Waals surface area contributed by atoms with Gasteiger partial charge in [0.1, 0.15) is 11.2 Å². The summed E-state index contributed by atoms with van der Waals surface area (Å²) >= 11 is 6.99. The minimum atomic E-state index is -0.527. The first kappa shape index (κ1) is 19.2. The van der Waals surface area contributed by atoms with Crippen molar-refractivity contribution in [2.24, 2.45) is 0 Å². The number of nitrogens with one attached hydrogen (secondary N) is 2. The second kappa shape index (κ2) is 8.06. The number of aromatic amines is 1. The van der Waals surface area contributed by atoms with Crippen LogP contribution in [0.25, 0.3) is 16.7 Å². The average Bonchev–Trinajstić information content (AvgIpc) is 3.18. The van der Waals surface area contributed by atoms with E-state index >= 15 is 0 Å². The van der Waals surface area contributed by atoms with Crippen molar-refractivity contribution in [1.29, 1.82) is 0 Å². The van der Waals surface area contributed by atoms with Gasteiger partial charge in [0.15, 0.2) is 10.8 Å². The third-order valence-electron chi connectivity index (χ3n) is 4.02. The lowest BCUT2D eigenvalue weighted by molar-refractivity contribution is -0.113. The molecule has 0 bridgehead atoms. The Morgan fingerprint density at radius 1 is 1.21 bits per heavy atom. The van der Waals surface area contributed by atoms with E-state index in [2.05, 4.69) is 20.5 Å². The molecule has 0 aliphatic carbocycles. The van der Waals surface area contributed by atoms with Crippen LogP contribution in [0.2, 0.25) is 5.02 Å². The van der Waals surface area contributed by atoms with Crippen LogP contribution in [0.3, 0.4) is 0 Å². The molecule has 0 aliphatic heterocycles. The van der Waals surface area contributed by atoms with Crippen molar-refractivity contribution in [3.63, 3.8) is 0 Å². The predicted octanol–water partition coefficient (Wildman–Crippen LogP) is 3.63. The van der Waals surface area contributed by atoms with E-state index in [4.69, 9.17) is 11.6 Å². The number of hydrogen-bond donors (Lipinski definition) is 2. The monoisotopic (exact) mass is 429 g/mol. The number of halogens is 2. The summed E-state index contributed by atoms with van der Waals surface area (Å²) in [6.45, 7) is 0. The van der Waals surface area contributed by atoms with Crippen molar-refractivity contribution in [3.8, 4) is 5.69 Å². The summed E-state index contributed by atoms with van der Waals surface area (Å²) in [5.74, 6) is -1.03. The Morgan fingerprint density at radius 3 is 2.72 bits per heavy atom. The van der Waals surface area contributed by atoms with Crippen LogP contribution in [0.1, 0.15) is 0 Å². The van der Waals surface area contributed by atoms with Crippen LogP contribution in [0, 0.1) is 5.82 Å². The van der Waals surface area contributed by atoms with E-state index in [1.165, 1.54) is 29.0 Å². The highest BCUT2D eigenvalue weighted by atomic mass is 35.5. The summed E-state index contributed by atoms with van der Waals surface area (Å²) < 4.78 is 15.1. The molecule has 0 saturated carbocycles. The van der Waals surface area contributed by atoms with Crippen LogP contribution < -0.4 is 10.9 Å². The average molecular weight is 430 g/mol. The molecular weight excluding hydrogens is 417 g/mol. The topological polar surface area (TPSA) is 92.7 Å². The quantitative estimate of drug-likeness (QED) is 0.373. The zero-order valence-corrected chi connectivity index (χ0v) is 16.3. The number of amides is 1. The smallest absolute Gasteiger partial charge is 0.269 e. The van der Waals surface area contributed by atoms with Gasteiger partial charge in [-0.25, -0.2) is 9.37 Å². The van der Waals surface area contributed by atoms with Gasteiger partial charge in [0.2, 0.25) is 5.91 Å². The fourth-order valence-corrected chi connectivity index (χ4v) is 3.60. The molecule has 4 rings (SSSR count). The second-order valence-electron chi connectivity index (χ2n) is 5.96. The molecule has 7 nitrogen and oxygen atoms in total. The summed E-state index contributed by atoms with van der Waals surface area (Å²) in [7, 11) is 0. The Bertz CT molecular complexity index is 1260. The molecule has 0 fully saturated rings. The number of anilines is 1. The molecule has 2 N–H and O–H groups in total. The fourth-order valence-electron chi connectivity index (χ4n) is 2.67. The van der Waals surface area contributed by atoms with Gasteiger partial charge in [-0.1, -0.05) is 35.5 Å². The second-order valence-corrected chi connectivity index (χ2v) is 7.34. The van der Waals surface area contributed by atoms with Crippen molar-refractivity contribution in [1.82, 2.24) is 19.7 Å². The van der Waals surface area contributed by atoms with Crippen LogP contribution in [-0.4, -0.2) is 31.4 Å². The van der Waals surface area contributed by atoms with Gasteiger partial charge in [0.25, 0.3) is 5.56 Å². The minimum Gasteiger partial charge on any atom is -0.323 e. The first-order valence-electron chi connectivity index (χ1n) is 8.42. The standard InChI is InChI=1S/C19H13ClFN5O2S/c20-11-5-7-12(8-6-11)26-18(28)13-9-22-25-17(13)24-19(26)29-10-16(27)23-15-4-2-1-3-14(15)21/h1-9H,10H2,(H,22,25)(H,23,27). The largest absolute Gasteiger partial charge is 0.323 e. The zero-order valence-electron chi connectivity index (χ0n) is 14.7. The van der Waals surface area contributed by atoms with Crippen LogP contribution >= 0.6 is 23.4 Å². The fraction of sp³-hybridized carbons (Fsp3) is 0.0526. The molecule has 0 radical (unpaired) electrons. The number of fused-ring (bicyclic) bond motifs is 1. The Morgan fingerprint density at radius 2 is 1.97 bits per heavy atom. The number of carbonyl (C=O) groups excluding carboxylic acids is 1. The third kappa shape index (κ3) is 4.01. The van der Waals surface area contributed by atoms with Crippen LogP contribution in [0.5, 0.6) is 0 Å². The van der Waals surface area contributed by atoms with E-state index in [0.717, 1.165) is 11.8 Å². The lowest BCUT2D eigenvalue weighted by Crippen LogP contribution is -2.22. The molecular formula is C19H13ClFN5O2S. The number of para-hydroxylation sites is 1. The van der Waals surface area contributed by atoms with Crippen LogP contribution in [-0.2, 0) is 4.79 Å². The van der Waals surface area contributed by atoms with Crippen LogP contribution in [0.15, 0.2) is 64.7 Å². The maximum atomic E-state index is 13.7. The molecule has 0 atom stereocenters. The van der Waals surface area contributed by atoms with E-state index in [1.54, 1.807) is 30.3 Å². The van der Waals surface area contributed by atoms with Gasteiger partial charge in [-0.05, 0) is 36.4 Å². The lowest BCUT2D eigenvalue weighted by Gasteiger charge is -2.12. The van der Waals surface area contributed by atoms with Gasteiger partial charge in [-0.15, -0.1) is 0 Å². The van der Waals surface area contributed by atoms with Gasteiger partial charge >= 0.3 is 0 Å². The third-order valence-corrected chi connectivity index (χ3v) is 5.21. The van der Waals surface area contributed by atoms with Gasteiger partial charge in [-0.3, -0.25) is 19.3 Å². The highest BCUT2D eigenvalue weighted by Crippen LogP contribution is 2.22. The summed E-state index contributed by atoms with van der Waals surface area (Å²) in [5, 5.41) is 10.2. The van der Waals surface area contributed by atoms with Crippen molar-refractivity contribution < 1.29 is 9.18 Å². The highest BCUT2D eigenvalue weighted by Gasteiger charge is 2.16. The number of nitrogens with zero attached hydrogens (tertiary/aromatic N) is 3. The molecule has 2 heterocycles. The van der Waals surface area contributed by atoms with E-state index in [-0.39, 0.29) is 22.2 Å². The van der Waals surface area contributed by atoms with Gasteiger partial charge in [0.05, 0.1) is 23.3 Å². The lowest BCUT2D eigenvalue weighted by atomic mass is 10.3. The molecule has 0 spiro atoms. The number of H-pyrrole nitrogens is 1. The summed E-state index contributed by atoms with van der Waals surface area (Å²) in [5.41, 5.74) is 0.623. The van der Waals surface area contributed by atoms with E-state index in [1.807, 2.05) is 0 Å². The van der Waals surface area contributed by atoms with E-state index in [0.29, 0.717) is 21.7 Å². The van der Waals surface area contributed by atoms with Crippen molar-refractivity contribution in [3.05, 3.63) is 75.9 Å². The van der Waals surface area contributed by atoms with E-state index in [9.17, 15) is 14.0 Å².